The predicted octanol–water partition coefficient (Wildman–Crippen LogP) is 3.82. The van der Waals surface area contributed by atoms with E-state index in [0.29, 0.717) is 42.1 Å². The van der Waals surface area contributed by atoms with E-state index in [2.05, 4.69) is 5.32 Å². The number of hydrogen-bond donors (Lipinski definition) is 1. The van der Waals surface area contributed by atoms with Crippen LogP contribution in [0.1, 0.15) is 28.4 Å². The lowest BCUT2D eigenvalue weighted by Gasteiger charge is -2.24. The highest BCUT2D eigenvalue weighted by Crippen LogP contribution is 2.37. The first kappa shape index (κ1) is 23.6. The van der Waals surface area contributed by atoms with Gasteiger partial charge in [-0.25, -0.2) is 8.42 Å². The van der Waals surface area contributed by atoms with E-state index in [1.807, 2.05) is 25.1 Å². The minimum Gasteiger partial charge on any atom is -0.493 e. The number of benzene rings is 3. The van der Waals surface area contributed by atoms with Crippen molar-refractivity contribution in [1.29, 1.82) is 0 Å². The molecule has 0 bridgehead atoms. The molecule has 1 N–H and O–H groups in total. The van der Waals surface area contributed by atoms with Crippen molar-refractivity contribution in [1.82, 2.24) is 5.32 Å². The predicted molar refractivity (Wildman–Crippen MR) is 131 cm³/mol. The van der Waals surface area contributed by atoms with Gasteiger partial charge in [0.05, 0.1) is 24.8 Å². The number of anilines is 1. The van der Waals surface area contributed by atoms with E-state index in [9.17, 15) is 13.2 Å². The van der Waals surface area contributed by atoms with E-state index in [0.717, 1.165) is 11.1 Å². The van der Waals surface area contributed by atoms with Gasteiger partial charge in [0, 0.05) is 18.2 Å². The minimum absolute atomic E-state index is 0.194. The Morgan fingerprint density at radius 3 is 2.44 bits per heavy atom. The first-order valence-electron chi connectivity index (χ1n) is 11.1. The van der Waals surface area contributed by atoms with Gasteiger partial charge < -0.3 is 14.8 Å². The molecule has 0 fully saturated rings. The van der Waals surface area contributed by atoms with Gasteiger partial charge in [-0.2, -0.15) is 0 Å². The fourth-order valence-corrected chi connectivity index (χ4v) is 5.99. The van der Waals surface area contributed by atoms with Crippen LogP contribution in [0.2, 0.25) is 0 Å². The van der Waals surface area contributed by atoms with Crippen LogP contribution in [0.3, 0.4) is 0 Å². The Labute approximate surface area is 200 Å². The molecule has 0 aromatic heterocycles. The topological polar surface area (TPSA) is 84.9 Å². The zero-order valence-electron chi connectivity index (χ0n) is 19.4. The third kappa shape index (κ3) is 4.59. The number of rotatable bonds is 8. The molecule has 3 aromatic rings. The summed E-state index contributed by atoms with van der Waals surface area (Å²) in [5, 5.41) is 2.94. The van der Waals surface area contributed by atoms with Crippen LogP contribution in [0.5, 0.6) is 11.5 Å². The van der Waals surface area contributed by atoms with Crippen LogP contribution >= 0.6 is 0 Å². The van der Waals surface area contributed by atoms with E-state index in [1.54, 1.807) is 62.8 Å². The highest BCUT2D eigenvalue weighted by atomic mass is 32.2. The second kappa shape index (κ2) is 9.77. The van der Waals surface area contributed by atoms with Crippen LogP contribution in [0, 0.1) is 0 Å². The van der Waals surface area contributed by atoms with Crippen molar-refractivity contribution < 1.29 is 22.7 Å². The molecule has 3 aromatic carbocycles. The van der Waals surface area contributed by atoms with E-state index in [-0.39, 0.29) is 16.8 Å². The number of nitrogens with zero attached hydrogens (tertiary/aromatic N) is 1. The van der Waals surface area contributed by atoms with Gasteiger partial charge in [-0.05, 0) is 73.4 Å². The maximum Gasteiger partial charge on any atom is 0.264 e. The summed E-state index contributed by atoms with van der Waals surface area (Å²) in [6.07, 6.45) is 1.19. The Morgan fingerprint density at radius 2 is 1.74 bits per heavy atom. The molecule has 7 nitrogen and oxygen atoms in total. The number of carbonyl (C=O) groups is 1. The summed E-state index contributed by atoms with van der Waals surface area (Å²) < 4.78 is 38.5. The molecule has 1 atom stereocenters. The number of carbonyl (C=O) groups excluding carboxylic acids is 1. The average molecular weight is 481 g/mol. The molecule has 1 aliphatic rings. The van der Waals surface area contributed by atoms with Crippen molar-refractivity contribution in [2.24, 2.45) is 0 Å². The lowest BCUT2D eigenvalue weighted by atomic mass is 10.1. The zero-order valence-corrected chi connectivity index (χ0v) is 20.3. The number of amides is 1. The molecule has 178 valence electrons. The molecule has 4 rings (SSSR count). The van der Waals surface area contributed by atoms with Gasteiger partial charge in [0.15, 0.2) is 11.5 Å². The first-order chi connectivity index (χ1) is 16.3. The van der Waals surface area contributed by atoms with Crippen molar-refractivity contribution in [3.8, 4) is 11.5 Å². The molecule has 34 heavy (non-hydrogen) atoms. The smallest absolute Gasteiger partial charge is 0.264 e. The van der Waals surface area contributed by atoms with Crippen molar-refractivity contribution in [2.75, 3.05) is 25.1 Å². The lowest BCUT2D eigenvalue weighted by molar-refractivity contribution is 0.0954. The van der Waals surface area contributed by atoms with Gasteiger partial charge in [-0.3, -0.25) is 9.10 Å². The molecule has 0 unspecified atom stereocenters. The van der Waals surface area contributed by atoms with Crippen LogP contribution < -0.4 is 19.1 Å². The zero-order chi connectivity index (χ0) is 24.3. The fourth-order valence-electron chi connectivity index (χ4n) is 4.27. The van der Waals surface area contributed by atoms with Crippen LogP contribution in [-0.2, 0) is 22.9 Å². The van der Waals surface area contributed by atoms with Crippen LogP contribution in [0.25, 0.3) is 0 Å². The monoisotopic (exact) mass is 480 g/mol. The summed E-state index contributed by atoms with van der Waals surface area (Å²) >= 11 is 0. The Bertz CT molecular complexity index is 1290. The van der Waals surface area contributed by atoms with Crippen molar-refractivity contribution in [3.63, 3.8) is 0 Å². The van der Waals surface area contributed by atoms with Crippen molar-refractivity contribution in [2.45, 2.75) is 30.7 Å². The maximum absolute atomic E-state index is 13.2. The second-order valence-electron chi connectivity index (χ2n) is 8.21. The molecular weight excluding hydrogens is 452 g/mol. The molecule has 0 spiro atoms. The van der Waals surface area contributed by atoms with E-state index >= 15 is 0 Å². The SMILES string of the molecule is COc1ccc(CCNC(=O)c2ccc3c(c2)C[C@@H](C)N3S(=O)(=O)c2ccccc2)cc1OC. The fraction of sp³-hybridized carbons (Fsp3) is 0.269. The molecule has 0 saturated carbocycles. The standard InChI is InChI=1S/C26H28N2O5S/c1-18-15-21-17-20(10-11-23(21)28(18)34(30,31)22-7-5-4-6-8-22)26(29)27-14-13-19-9-12-24(32-2)25(16-19)33-3/h4-12,16-18H,13-15H2,1-3H3,(H,27,29)/t18-/m1/s1. The second-order valence-corrected chi connectivity index (χ2v) is 10.0. The lowest BCUT2D eigenvalue weighted by Crippen LogP contribution is -2.35. The maximum atomic E-state index is 13.2. The van der Waals surface area contributed by atoms with E-state index < -0.39 is 10.0 Å². The van der Waals surface area contributed by atoms with Gasteiger partial charge in [0.2, 0.25) is 0 Å². The van der Waals surface area contributed by atoms with Gasteiger partial charge in [-0.15, -0.1) is 0 Å². The normalized spacial score (nSPS) is 15.0. The highest BCUT2D eigenvalue weighted by Gasteiger charge is 2.36. The largest absolute Gasteiger partial charge is 0.493 e. The summed E-state index contributed by atoms with van der Waals surface area (Å²) in [5.74, 6) is 1.11. The molecule has 8 heteroatoms. The van der Waals surface area contributed by atoms with Crippen LogP contribution in [-0.4, -0.2) is 41.1 Å². The molecule has 1 aliphatic heterocycles. The summed E-state index contributed by atoms with van der Waals surface area (Å²) in [5.41, 5.74) is 3.00. The van der Waals surface area contributed by atoms with Crippen molar-refractivity contribution >= 4 is 21.6 Å². The number of sulfonamides is 1. The Hall–Kier alpha value is -3.52. The Kier molecular flexibility index (Phi) is 6.79. The van der Waals surface area contributed by atoms with Crippen LogP contribution in [0.4, 0.5) is 5.69 Å². The third-order valence-electron chi connectivity index (χ3n) is 5.94. The molecule has 1 heterocycles. The van der Waals surface area contributed by atoms with Gasteiger partial charge in [0.25, 0.3) is 15.9 Å². The summed E-state index contributed by atoms with van der Waals surface area (Å²) in [6.45, 7) is 2.33. The molecule has 0 saturated heterocycles. The number of nitrogens with one attached hydrogen (secondary N) is 1. The summed E-state index contributed by atoms with van der Waals surface area (Å²) in [7, 11) is -0.500. The summed E-state index contributed by atoms with van der Waals surface area (Å²) in [4.78, 5) is 13.0. The number of methoxy groups -OCH3 is 2. The van der Waals surface area contributed by atoms with Gasteiger partial charge >= 0.3 is 0 Å². The average Bonchev–Trinajstić information content (AvgIpc) is 3.19. The minimum atomic E-state index is -3.68. The highest BCUT2D eigenvalue weighted by molar-refractivity contribution is 7.92. The third-order valence-corrected chi connectivity index (χ3v) is 7.88. The quantitative estimate of drug-likeness (QED) is 0.530. The van der Waals surface area contributed by atoms with E-state index in [1.165, 1.54) is 4.31 Å². The Morgan fingerprint density at radius 1 is 1.00 bits per heavy atom. The number of hydrogen-bond acceptors (Lipinski definition) is 5. The van der Waals surface area contributed by atoms with E-state index in [4.69, 9.17) is 9.47 Å². The Balaban J connectivity index is 1.45. The molecular formula is C26H28N2O5S. The number of fused-ring (bicyclic) bond motifs is 1. The van der Waals surface area contributed by atoms with Gasteiger partial charge in [-0.1, -0.05) is 24.3 Å². The van der Waals surface area contributed by atoms with Crippen LogP contribution in [0.15, 0.2) is 71.6 Å². The van der Waals surface area contributed by atoms with Crippen molar-refractivity contribution in [3.05, 3.63) is 83.4 Å². The van der Waals surface area contributed by atoms with Gasteiger partial charge in [0.1, 0.15) is 0 Å². The molecule has 0 radical (unpaired) electrons. The number of ether oxygens (including phenoxy) is 2. The molecule has 0 aliphatic carbocycles. The first-order valence-corrected chi connectivity index (χ1v) is 12.5. The molecule has 1 amide bonds. The summed E-state index contributed by atoms with van der Waals surface area (Å²) in [6, 6.07) is 19.0.